The highest BCUT2D eigenvalue weighted by Gasteiger charge is 2.22. The summed E-state index contributed by atoms with van der Waals surface area (Å²) >= 11 is 0. The van der Waals surface area contributed by atoms with Crippen LogP contribution in [0, 0.1) is 23.3 Å². The van der Waals surface area contributed by atoms with Crippen LogP contribution in [0.1, 0.15) is 32.6 Å². The minimum Gasteiger partial charge on any atom is -0.378 e. The molecule has 0 aliphatic carbocycles. The van der Waals surface area contributed by atoms with Gasteiger partial charge in [0.2, 0.25) is 0 Å². The summed E-state index contributed by atoms with van der Waals surface area (Å²) in [4.78, 5) is 0. The first-order chi connectivity index (χ1) is 9.49. The Kier molecular flexibility index (Phi) is 4.86. The second-order valence-corrected chi connectivity index (χ2v) is 5.27. The summed E-state index contributed by atoms with van der Waals surface area (Å²) in [5, 5.41) is 5.85. The summed E-state index contributed by atoms with van der Waals surface area (Å²) in [6, 6.07) is 0.176. The second kappa shape index (κ2) is 6.43. The fourth-order valence-electron chi connectivity index (χ4n) is 2.56. The van der Waals surface area contributed by atoms with E-state index in [1.807, 2.05) is 0 Å². The van der Waals surface area contributed by atoms with Crippen LogP contribution >= 0.6 is 0 Å². The maximum Gasteiger partial charge on any atom is 0.185 e. The minimum atomic E-state index is -1.39. The third kappa shape index (κ3) is 3.42. The molecule has 0 radical (unpaired) electrons. The molecule has 112 valence electrons. The quantitative estimate of drug-likeness (QED) is 0.654. The zero-order valence-corrected chi connectivity index (χ0v) is 11.3. The van der Waals surface area contributed by atoms with Gasteiger partial charge in [-0.2, -0.15) is 0 Å². The molecule has 0 aromatic heterocycles. The number of nitrogens with one attached hydrogen (secondary N) is 2. The molecule has 2 rings (SSSR count). The van der Waals surface area contributed by atoms with Gasteiger partial charge in [-0.3, -0.25) is 0 Å². The lowest BCUT2D eigenvalue weighted by atomic mass is 9.98. The number of benzene rings is 1. The Morgan fingerprint density at radius 3 is 2.40 bits per heavy atom. The molecule has 1 saturated heterocycles. The molecule has 0 amide bonds. The summed E-state index contributed by atoms with van der Waals surface area (Å²) in [6.45, 7) is 2.66. The van der Waals surface area contributed by atoms with Crippen molar-refractivity contribution in [2.24, 2.45) is 0 Å². The van der Waals surface area contributed by atoms with E-state index in [1.54, 1.807) is 6.92 Å². The lowest BCUT2D eigenvalue weighted by Crippen LogP contribution is -2.38. The van der Waals surface area contributed by atoms with Crippen LogP contribution in [-0.4, -0.2) is 18.6 Å². The Balaban J connectivity index is 2.05. The van der Waals surface area contributed by atoms with Gasteiger partial charge in [0.1, 0.15) is 5.69 Å². The van der Waals surface area contributed by atoms with Gasteiger partial charge in [-0.25, -0.2) is 17.6 Å². The minimum absolute atomic E-state index is 0.212. The zero-order chi connectivity index (χ0) is 14.7. The molecular formula is C14H18F4N2. The summed E-state index contributed by atoms with van der Waals surface area (Å²) < 4.78 is 53.2. The fraction of sp³-hybridized carbons (Fsp3) is 0.571. The van der Waals surface area contributed by atoms with Crippen LogP contribution in [0.3, 0.4) is 0 Å². The summed E-state index contributed by atoms with van der Waals surface area (Å²) in [6.07, 6.45) is 3.86. The van der Waals surface area contributed by atoms with E-state index in [1.165, 1.54) is 0 Å². The number of rotatable bonds is 4. The van der Waals surface area contributed by atoms with Gasteiger partial charge in [-0.1, -0.05) is 6.42 Å². The summed E-state index contributed by atoms with van der Waals surface area (Å²) in [5.41, 5.74) is -0.731. The van der Waals surface area contributed by atoms with E-state index in [0.717, 1.165) is 25.8 Å². The smallest absolute Gasteiger partial charge is 0.185 e. The molecule has 1 aromatic carbocycles. The van der Waals surface area contributed by atoms with Gasteiger partial charge in [0.25, 0.3) is 0 Å². The first-order valence-electron chi connectivity index (χ1n) is 6.82. The normalized spacial score (nSPS) is 20.8. The Hall–Kier alpha value is -1.30. The third-order valence-electron chi connectivity index (χ3n) is 3.55. The first kappa shape index (κ1) is 15.1. The van der Waals surface area contributed by atoms with Crippen LogP contribution in [0.25, 0.3) is 0 Å². The van der Waals surface area contributed by atoms with Gasteiger partial charge in [0.15, 0.2) is 23.3 Å². The van der Waals surface area contributed by atoms with E-state index < -0.39 is 29.0 Å². The third-order valence-corrected chi connectivity index (χ3v) is 3.55. The molecule has 2 nitrogen and oxygen atoms in total. The molecule has 1 aromatic rings. The molecule has 2 unspecified atom stereocenters. The van der Waals surface area contributed by atoms with Crippen LogP contribution in [0.5, 0.6) is 0 Å². The van der Waals surface area contributed by atoms with E-state index >= 15 is 0 Å². The van der Waals surface area contributed by atoms with Crippen molar-refractivity contribution in [1.82, 2.24) is 5.32 Å². The molecule has 2 atom stereocenters. The highest BCUT2D eigenvalue weighted by atomic mass is 19.2. The number of hydrogen-bond donors (Lipinski definition) is 2. The van der Waals surface area contributed by atoms with Crippen LogP contribution < -0.4 is 10.6 Å². The Morgan fingerprint density at radius 1 is 1.20 bits per heavy atom. The van der Waals surface area contributed by atoms with Crippen molar-refractivity contribution in [2.75, 3.05) is 11.9 Å². The van der Waals surface area contributed by atoms with Gasteiger partial charge < -0.3 is 10.6 Å². The standard InChI is InChI=1S/C14H18F4N2/c1-8(6-9-4-2-3-5-19-9)20-14-12(17)10(15)7-11(16)13(14)18/h7-9,19-20H,2-6H2,1H3. The maximum atomic E-state index is 13.5. The van der Waals surface area contributed by atoms with E-state index in [4.69, 9.17) is 0 Å². The van der Waals surface area contributed by atoms with Crippen molar-refractivity contribution in [3.05, 3.63) is 29.3 Å². The molecule has 20 heavy (non-hydrogen) atoms. The van der Waals surface area contributed by atoms with Gasteiger partial charge in [0.05, 0.1) is 0 Å². The lowest BCUT2D eigenvalue weighted by Gasteiger charge is -2.27. The fourth-order valence-corrected chi connectivity index (χ4v) is 2.56. The average molecular weight is 290 g/mol. The number of halogens is 4. The SMILES string of the molecule is CC(CC1CCCCN1)Nc1c(F)c(F)cc(F)c1F. The molecule has 0 bridgehead atoms. The molecule has 0 spiro atoms. The van der Waals surface area contributed by atoms with E-state index in [2.05, 4.69) is 10.6 Å². The van der Waals surface area contributed by atoms with Crippen molar-refractivity contribution >= 4 is 5.69 Å². The average Bonchev–Trinajstić information content (AvgIpc) is 2.42. The highest BCUT2D eigenvalue weighted by Crippen LogP contribution is 2.25. The van der Waals surface area contributed by atoms with Gasteiger partial charge in [-0.15, -0.1) is 0 Å². The van der Waals surface area contributed by atoms with Crippen molar-refractivity contribution in [2.45, 2.75) is 44.7 Å². The van der Waals surface area contributed by atoms with Crippen molar-refractivity contribution < 1.29 is 17.6 Å². The molecule has 2 N–H and O–H groups in total. The Labute approximate surface area is 115 Å². The monoisotopic (exact) mass is 290 g/mol. The zero-order valence-electron chi connectivity index (χ0n) is 11.3. The van der Waals surface area contributed by atoms with Crippen LogP contribution in [0.2, 0.25) is 0 Å². The van der Waals surface area contributed by atoms with E-state index in [9.17, 15) is 17.6 Å². The number of anilines is 1. The number of hydrogen-bond acceptors (Lipinski definition) is 2. The van der Waals surface area contributed by atoms with Crippen molar-refractivity contribution in [1.29, 1.82) is 0 Å². The highest BCUT2D eigenvalue weighted by molar-refractivity contribution is 5.48. The predicted molar refractivity (Wildman–Crippen MR) is 69.6 cm³/mol. The molecule has 6 heteroatoms. The largest absolute Gasteiger partial charge is 0.378 e. The van der Waals surface area contributed by atoms with Gasteiger partial charge in [0, 0.05) is 18.2 Å². The van der Waals surface area contributed by atoms with Crippen LogP contribution in [0.15, 0.2) is 6.07 Å². The summed E-state index contributed by atoms with van der Waals surface area (Å²) in [7, 11) is 0. The molecule has 1 aliphatic rings. The Bertz CT molecular complexity index is 446. The topological polar surface area (TPSA) is 24.1 Å². The lowest BCUT2D eigenvalue weighted by molar-refractivity contribution is 0.370. The van der Waals surface area contributed by atoms with E-state index in [-0.39, 0.29) is 18.2 Å². The summed E-state index contributed by atoms with van der Waals surface area (Å²) in [5.74, 6) is -5.55. The molecule has 1 aliphatic heterocycles. The van der Waals surface area contributed by atoms with E-state index in [0.29, 0.717) is 6.42 Å². The molecule has 1 fully saturated rings. The second-order valence-electron chi connectivity index (χ2n) is 5.27. The van der Waals surface area contributed by atoms with Crippen molar-refractivity contribution in [3.63, 3.8) is 0 Å². The predicted octanol–water partition coefficient (Wildman–Crippen LogP) is 3.58. The van der Waals surface area contributed by atoms with Gasteiger partial charge in [-0.05, 0) is 32.7 Å². The van der Waals surface area contributed by atoms with Crippen LogP contribution in [-0.2, 0) is 0 Å². The molecular weight excluding hydrogens is 272 g/mol. The number of piperidine rings is 1. The Morgan fingerprint density at radius 2 is 1.85 bits per heavy atom. The van der Waals surface area contributed by atoms with Crippen molar-refractivity contribution in [3.8, 4) is 0 Å². The molecule has 1 heterocycles. The first-order valence-corrected chi connectivity index (χ1v) is 6.82. The molecule has 0 saturated carbocycles. The maximum absolute atomic E-state index is 13.5. The van der Waals surface area contributed by atoms with Gasteiger partial charge >= 0.3 is 0 Å². The van der Waals surface area contributed by atoms with Crippen LogP contribution in [0.4, 0.5) is 23.2 Å².